The standard InChI is InChI=1S/C16H18S/c1-13(2)10-11-15(16-9-6-12-17-16)14-7-4-3-5-8-14/h3-10,12,15H,11H2,1-2H3. The molecule has 0 nitrogen and oxygen atoms in total. The van der Waals surface area contributed by atoms with Crippen LogP contribution in [0.25, 0.3) is 0 Å². The van der Waals surface area contributed by atoms with Crippen LogP contribution in [0, 0.1) is 0 Å². The Bertz CT molecular complexity index is 461. The summed E-state index contributed by atoms with van der Waals surface area (Å²) in [5.41, 5.74) is 2.80. The van der Waals surface area contributed by atoms with Crippen molar-refractivity contribution in [3.63, 3.8) is 0 Å². The zero-order chi connectivity index (χ0) is 12.1. The van der Waals surface area contributed by atoms with Gasteiger partial charge in [0.1, 0.15) is 0 Å². The first kappa shape index (κ1) is 12.1. The molecule has 0 fully saturated rings. The fourth-order valence-electron chi connectivity index (χ4n) is 1.94. The molecule has 0 aliphatic heterocycles. The molecule has 2 rings (SSSR count). The number of thiophene rings is 1. The Hall–Kier alpha value is -1.34. The highest BCUT2D eigenvalue weighted by atomic mass is 32.1. The third-order valence-electron chi connectivity index (χ3n) is 2.85. The predicted octanol–water partition coefficient (Wildman–Crippen LogP) is 5.24. The van der Waals surface area contributed by atoms with Crippen molar-refractivity contribution in [3.8, 4) is 0 Å². The van der Waals surface area contributed by atoms with Crippen LogP contribution in [-0.4, -0.2) is 0 Å². The molecule has 0 N–H and O–H groups in total. The first-order valence-electron chi connectivity index (χ1n) is 5.99. The van der Waals surface area contributed by atoms with Gasteiger partial charge in [0.05, 0.1) is 0 Å². The Morgan fingerprint density at radius 1 is 1.12 bits per heavy atom. The van der Waals surface area contributed by atoms with Crippen LogP contribution in [0.2, 0.25) is 0 Å². The molecule has 88 valence electrons. The van der Waals surface area contributed by atoms with E-state index < -0.39 is 0 Å². The van der Waals surface area contributed by atoms with Crippen LogP contribution in [0.3, 0.4) is 0 Å². The summed E-state index contributed by atoms with van der Waals surface area (Å²) in [7, 11) is 0. The molecule has 1 atom stereocenters. The Balaban J connectivity index is 2.28. The molecule has 1 aromatic carbocycles. The Morgan fingerprint density at radius 3 is 2.47 bits per heavy atom. The smallest absolute Gasteiger partial charge is 0.0218 e. The molecule has 0 saturated carbocycles. The average molecular weight is 242 g/mol. The molecule has 1 unspecified atom stereocenters. The van der Waals surface area contributed by atoms with Gasteiger partial charge in [-0.25, -0.2) is 0 Å². The minimum Gasteiger partial charge on any atom is -0.148 e. The van der Waals surface area contributed by atoms with Gasteiger partial charge in [0.2, 0.25) is 0 Å². The molecule has 0 aliphatic carbocycles. The summed E-state index contributed by atoms with van der Waals surface area (Å²) in [4.78, 5) is 1.45. The van der Waals surface area contributed by atoms with Gasteiger partial charge in [-0.1, -0.05) is 48.0 Å². The van der Waals surface area contributed by atoms with Gasteiger partial charge in [-0.15, -0.1) is 11.3 Å². The molecule has 1 aromatic heterocycles. The second kappa shape index (κ2) is 5.83. The maximum Gasteiger partial charge on any atom is 0.0218 e. The van der Waals surface area contributed by atoms with Crippen LogP contribution in [0.1, 0.15) is 36.6 Å². The molecule has 0 radical (unpaired) electrons. The first-order valence-corrected chi connectivity index (χ1v) is 6.87. The lowest BCUT2D eigenvalue weighted by Crippen LogP contribution is -1.97. The van der Waals surface area contributed by atoms with E-state index in [9.17, 15) is 0 Å². The molecule has 2 aromatic rings. The summed E-state index contributed by atoms with van der Waals surface area (Å²) >= 11 is 1.85. The zero-order valence-corrected chi connectivity index (χ0v) is 11.2. The molecular formula is C16H18S. The summed E-state index contributed by atoms with van der Waals surface area (Å²) < 4.78 is 0. The maximum atomic E-state index is 2.33. The fraction of sp³-hybridized carbons (Fsp3) is 0.250. The summed E-state index contributed by atoms with van der Waals surface area (Å²) in [5, 5.41) is 2.16. The van der Waals surface area contributed by atoms with E-state index in [1.807, 2.05) is 11.3 Å². The van der Waals surface area contributed by atoms with Crippen LogP contribution in [0.4, 0.5) is 0 Å². The molecule has 0 amide bonds. The van der Waals surface area contributed by atoms with Crippen LogP contribution in [0.5, 0.6) is 0 Å². The lowest BCUT2D eigenvalue weighted by atomic mass is 9.93. The normalized spacial score (nSPS) is 12.1. The minimum atomic E-state index is 0.506. The highest BCUT2D eigenvalue weighted by molar-refractivity contribution is 7.10. The van der Waals surface area contributed by atoms with Crippen LogP contribution >= 0.6 is 11.3 Å². The van der Waals surface area contributed by atoms with Gasteiger partial charge in [0.25, 0.3) is 0 Å². The number of allylic oxidation sites excluding steroid dienone is 2. The second-order valence-corrected chi connectivity index (χ2v) is 5.48. The van der Waals surface area contributed by atoms with Crippen LogP contribution in [-0.2, 0) is 0 Å². The second-order valence-electron chi connectivity index (χ2n) is 4.50. The van der Waals surface area contributed by atoms with Crippen molar-refractivity contribution in [3.05, 3.63) is 69.9 Å². The van der Waals surface area contributed by atoms with Crippen molar-refractivity contribution in [2.24, 2.45) is 0 Å². The Kier molecular flexibility index (Phi) is 4.16. The van der Waals surface area contributed by atoms with Gasteiger partial charge in [-0.2, -0.15) is 0 Å². The Labute approximate surface area is 108 Å². The number of hydrogen-bond donors (Lipinski definition) is 0. The van der Waals surface area contributed by atoms with E-state index in [2.05, 4.69) is 67.8 Å². The molecule has 0 bridgehead atoms. The van der Waals surface area contributed by atoms with Gasteiger partial charge in [0, 0.05) is 10.8 Å². The third kappa shape index (κ3) is 3.31. The fourth-order valence-corrected chi connectivity index (χ4v) is 2.81. The largest absolute Gasteiger partial charge is 0.148 e. The van der Waals surface area contributed by atoms with Crippen LogP contribution in [0.15, 0.2) is 59.5 Å². The van der Waals surface area contributed by atoms with Crippen LogP contribution < -0.4 is 0 Å². The SMILES string of the molecule is CC(C)=CCC(c1ccccc1)c1cccs1. The molecule has 0 saturated heterocycles. The number of benzene rings is 1. The van der Waals surface area contributed by atoms with Crippen molar-refractivity contribution in [1.82, 2.24) is 0 Å². The number of hydrogen-bond acceptors (Lipinski definition) is 1. The van der Waals surface area contributed by atoms with E-state index in [0.717, 1.165) is 6.42 Å². The van der Waals surface area contributed by atoms with Gasteiger partial charge in [-0.05, 0) is 37.3 Å². The van der Waals surface area contributed by atoms with Gasteiger partial charge in [-0.3, -0.25) is 0 Å². The Morgan fingerprint density at radius 2 is 1.88 bits per heavy atom. The summed E-state index contributed by atoms with van der Waals surface area (Å²) in [6.45, 7) is 4.33. The molecule has 1 heteroatoms. The van der Waals surface area contributed by atoms with Gasteiger partial charge < -0.3 is 0 Å². The van der Waals surface area contributed by atoms with E-state index in [0.29, 0.717) is 5.92 Å². The van der Waals surface area contributed by atoms with Gasteiger partial charge >= 0.3 is 0 Å². The molecular weight excluding hydrogens is 224 g/mol. The summed E-state index contributed by atoms with van der Waals surface area (Å²) in [6.07, 6.45) is 3.42. The highest BCUT2D eigenvalue weighted by Gasteiger charge is 2.13. The van der Waals surface area contributed by atoms with Crippen molar-refractivity contribution in [1.29, 1.82) is 0 Å². The van der Waals surface area contributed by atoms with Crippen molar-refractivity contribution >= 4 is 11.3 Å². The number of rotatable bonds is 4. The monoisotopic (exact) mass is 242 g/mol. The maximum absolute atomic E-state index is 2.33. The van der Waals surface area contributed by atoms with E-state index >= 15 is 0 Å². The van der Waals surface area contributed by atoms with Crippen molar-refractivity contribution < 1.29 is 0 Å². The van der Waals surface area contributed by atoms with Gasteiger partial charge in [0.15, 0.2) is 0 Å². The minimum absolute atomic E-state index is 0.506. The van der Waals surface area contributed by atoms with E-state index in [-0.39, 0.29) is 0 Å². The molecule has 1 heterocycles. The summed E-state index contributed by atoms with van der Waals surface area (Å²) in [5.74, 6) is 0.506. The third-order valence-corrected chi connectivity index (χ3v) is 3.84. The summed E-state index contributed by atoms with van der Waals surface area (Å²) in [6, 6.07) is 15.2. The van der Waals surface area contributed by atoms with E-state index in [1.165, 1.54) is 16.0 Å². The highest BCUT2D eigenvalue weighted by Crippen LogP contribution is 2.31. The van der Waals surface area contributed by atoms with Crippen molar-refractivity contribution in [2.45, 2.75) is 26.2 Å². The molecule has 0 spiro atoms. The lowest BCUT2D eigenvalue weighted by Gasteiger charge is -2.14. The topological polar surface area (TPSA) is 0 Å². The predicted molar refractivity (Wildman–Crippen MR) is 76.7 cm³/mol. The average Bonchev–Trinajstić information content (AvgIpc) is 2.84. The van der Waals surface area contributed by atoms with E-state index in [4.69, 9.17) is 0 Å². The van der Waals surface area contributed by atoms with E-state index in [1.54, 1.807) is 0 Å². The van der Waals surface area contributed by atoms with Crippen molar-refractivity contribution in [2.75, 3.05) is 0 Å². The molecule has 0 aliphatic rings. The molecule has 17 heavy (non-hydrogen) atoms. The first-order chi connectivity index (χ1) is 8.27. The quantitative estimate of drug-likeness (QED) is 0.643. The zero-order valence-electron chi connectivity index (χ0n) is 10.4. The lowest BCUT2D eigenvalue weighted by molar-refractivity contribution is 0.842.